The number of rotatable bonds is 3. The van der Waals surface area contributed by atoms with E-state index in [2.05, 4.69) is 4.99 Å². The highest BCUT2D eigenvalue weighted by Crippen LogP contribution is 2.30. The maximum atomic E-state index is 14.1. The molecular formula is C16H12ClFN2O3. The van der Waals surface area contributed by atoms with Gasteiger partial charge in [0.25, 0.3) is 5.72 Å². The number of hydrogen-bond acceptors (Lipinski definition) is 4. The fourth-order valence-corrected chi connectivity index (χ4v) is 2.57. The van der Waals surface area contributed by atoms with Crippen LogP contribution in [0.1, 0.15) is 5.56 Å². The molecule has 0 fully saturated rings. The lowest BCUT2D eigenvalue weighted by molar-refractivity contribution is -0.155. The Hall–Kier alpha value is -2.44. The van der Waals surface area contributed by atoms with Crippen LogP contribution < -0.4 is 4.90 Å². The minimum atomic E-state index is -2.35. The number of carbonyl (C=O) groups is 1. The van der Waals surface area contributed by atoms with Crippen LogP contribution in [-0.2, 0) is 4.79 Å². The summed E-state index contributed by atoms with van der Waals surface area (Å²) in [6.07, 6.45) is 0. The zero-order chi connectivity index (χ0) is 16.6. The highest BCUT2D eigenvalue weighted by atomic mass is 35.5. The van der Waals surface area contributed by atoms with Crippen molar-refractivity contribution in [2.75, 3.05) is 11.4 Å². The van der Waals surface area contributed by atoms with Gasteiger partial charge in [-0.05, 0) is 30.3 Å². The van der Waals surface area contributed by atoms with Crippen molar-refractivity contribution in [3.05, 3.63) is 64.9 Å². The predicted octanol–water partition coefficient (Wildman–Crippen LogP) is 2.52. The molecular weight excluding hydrogens is 323 g/mol. The van der Waals surface area contributed by atoms with Crippen molar-refractivity contribution in [1.29, 1.82) is 0 Å². The highest BCUT2D eigenvalue weighted by molar-refractivity contribution is 6.31. The smallest absolute Gasteiger partial charge is 0.361 e. The molecule has 118 valence electrons. The van der Waals surface area contributed by atoms with Gasteiger partial charge in [0.1, 0.15) is 11.7 Å². The molecule has 5 nitrogen and oxygen atoms in total. The molecule has 0 saturated carbocycles. The Labute approximate surface area is 136 Å². The van der Waals surface area contributed by atoms with Gasteiger partial charge < -0.3 is 15.1 Å². The van der Waals surface area contributed by atoms with Gasteiger partial charge in [0.05, 0.1) is 12.1 Å². The van der Waals surface area contributed by atoms with Gasteiger partial charge in [0.2, 0.25) is 0 Å². The van der Waals surface area contributed by atoms with Crippen LogP contribution >= 0.6 is 11.6 Å². The van der Waals surface area contributed by atoms with E-state index in [9.17, 15) is 19.4 Å². The van der Waals surface area contributed by atoms with E-state index in [1.54, 1.807) is 30.3 Å². The maximum Gasteiger partial charge on any atom is 0.361 e. The summed E-state index contributed by atoms with van der Waals surface area (Å²) in [5.41, 5.74) is -1.73. The number of hydrogen-bond donors (Lipinski definition) is 2. The number of carboxylic acids is 1. The topological polar surface area (TPSA) is 73.1 Å². The first-order valence-corrected chi connectivity index (χ1v) is 7.12. The number of benzene rings is 2. The van der Waals surface area contributed by atoms with E-state index in [0.29, 0.717) is 10.7 Å². The fraction of sp³-hybridized carbons (Fsp3) is 0.125. The molecule has 1 atom stereocenters. The van der Waals surface area contributed by atoms with Crippen LogP contribution in [0.2, 0.25) is 5.02 Å². The summed E-state index contributed by atoms with van der Waals surface area (Å²) in [7, 11) is 0. The molecule has 0 aliphatic carbocycles. The third-order valence-corrected chi connectivity index (χ3v) is 3.74. The van der Waals surface area contributed by atoms with E-state index in [-0.39, 0.29) is 17.9 Å². The van der Waals surface area contributed by atoms with Gasteiger partial charge in [-0.3, -0.25) is 0 Å². The number of amidine groups is 1. The molecule has 2 aromatic rings. The molecule has 2 aromatic carbocycles. The average molecular weight is 335 g/mol. The Kier molecular flexibility index (Phi) is 3.79. The van der Waals surface area contributed by atoms with Crippen LogP contribution in [0.25, 0.3) is 0 Å². The molecule has 7 heteroatoms. The Morgan fingerprint density at radius 1 is 1.26 bits per heavy atom. The van der Waals surface area contributed by atoms with Gasteiger partial charge in [-0.2, -0.15) is 0 Å². The van der Waals surface area contributed by atoms with Crippen molar-refractivity contribution in [2.24, 2.45) is 4.99 Å². The Bertz CT molecular complexity index is 811. The summed E-state index contributed by atoms with van der Waals surface area (Å²) in [6.45, 7) is -0.341. The highest BCUT2D eigenvalue weighted by Gasteiger charge is 2.45. The van der Waals surface area contributed by atoms with E-state index < -0.39 is 17.5 Å². The third kappa shape index (κ3) is 2.78. The van der Waals surface area contributed by atoms with Crippen LogP contribution in [0.3, 0.4) is 0 Å². The molecule has 0 radical (unpaired) electrons. The van der Waals surface area contributed by atoms with Crippen molar-refractivity contribution < 1.29 is 19.4 Å². The zero-order valence-corrected chi connectivity index (χ0v) is 12.5. The van der Waals surface area contributed by atoms with E-state index >= 15 is 0 Å². The van der Waals surface area contributed by atoms with Crippen molar-refractivity contribution in [2.45, 2.75) is 5.72 Å². The Balaban J connectivity index is 2.14. The lowest BCUT2D eigenvalue weighted by atomic mass is 10.1. The average Bonchev–Trinajstić information content (AvgIpc) is 2.87. The second-order valence-corrected chi connectivity index (χ2v) is 5.54. The van der Waals surface area contributed by atoms with Crippen LogP contribution in [-0.4, -0.2) is 34.3 Å². The van der Waals surface area contributed by atoms with Crippen molar-refractivity contribution in [1.82, 2.24) is 0 Å². The number of aliphatic hydroxyl groups is 1. The fourth-order valence-electron chi connectivity index (χ4n) is 2.39. The monoisotopic (exact) mass is 334 g/mol. The molecule has 2 N–H and O–H groups in total. The molecule has 1 aliphatic heterocycles. The van der Waals surface area contributed by atoms with E-state index in [1.807, 2.05) is 0 Å². The quantitative estimate of drug-likeness (QED) is 0.904. The molecule has 1 aliphatic rings. The van der Waals surface area contributed by atoms with Gasteiger partial charge in [-0.15, -0.1) is 0 Å². The molecule has 1 heterocycles. The van der Waals surface area contributed by atoms with Crippen LogP contribution in [0.15, 0.2) is 53.5 Å². The summed E-state index contributed by atoms with van der Waals surface area (Å²) in [5.74, 6) is -2.03. The second kappa shape index (κ2) is 5.64. The number of nitrogens with zero attached hydrogens (tertiary/aromatic N) is 2. The van der Waals surface area contributed by atoms with Gasteiger partial charge in [0.15, 0.2) is 0 Å². The number of β-amino-alcohol motifs (C(OH)–C–C–N with tert-alkyl or cyclic N) is 1. The first-order valence-electron chi connectivity index (χ1n) is 6.74. The number of halogens is 2. The normalized spacial score (nSPS) is 20.5. The summed E-state index contributed by atoms with van der Waals surface area (Å²) in [4.78, 5) is 16.6. The van der Waals surface area contributed by atoms with E-state index in [0.717, 1.165) is 0 Å². The summed E-state index contributed by atoms with van der Waals surface area (Å²) >= 11 is 5.96. The van der Waals surface area contributed by atoms with Crippen molar-refractivity contribution >= 4 is 29.1 Å². The summed E-state index contributed by atoms with van der Waals surface area (Å²) in [6, 6.07) is 12.4. The summed E-state index contributed by atoms with van der Waals surface area (Å²) < 4.78 is 14.1. The van der Waals surface area contributed by atoms with Crippen LogP contribution in [0.5, 0.6) is 0 Å². The molecule has 0 saturated heterocycles. The first kappa shape index (κ1) is 15.5. The van der Waals surface area contributed by atoms with Gasteiger partial charge >= 0.3 is 5.97 Å². The SMILES string of the molecule is O=C(O)C1(O)CN(c2cccc(Cl)c2)C(c2ccccc2F)=N1. The molecule has 0 spiro atoms. The lowest BCUT2D eigenvalue weighted by Gasteiger charge is -2.22. The second-order valence-electron chi connectivity index (χ2n) is 5.10. The third-order valence-electron chi connectivity index (χ3n) is 3.50. The number of carboxylic acid groups (broad SMARTS) is 1. The Morgan fingerprint density at radius 3 is 2.65 bits per heavy atom. The predicted molar refractivity (Wildman–Crippen MR) is 84.3 cm³/mol. The molecule has 0 bridgehead atoms. The molecule has 3 rings (SSSR count). The molecule has 23 heavy (non-hydrogen) atoms. The van der Waals surface area contributed by atoms with Crippen LogP contribution in [0.4, 0.5) is 10.1 Å². The number of aliphatic carboxylic acids is 1. The van der Waals surface area contributed by atoms with Gasteiger partial charge in [-0.1, -0.05) is 29.8 Å². The standard InChI is InChI=1S/C16H12ClFN2O3/c17-10-4-3-5-11(8-10)20-9-16(23,15(21)22)19-14(20)12-6-1-2-7-13(12)18/h1-8,23H,9H2,(H,21,22). The van der Waals surface area contributed by atoms with E-state index in [1.165, 1.54) is 23.1 Å². The van der Waals surface area contributed by atoms with Crippen molar-refractivity contribution in [3.63, 3.8) is 0 Å². The zero-order valence-electron chi connectivity index (χ0n) is 11.8. The first-order chi connectivity index (χ1) is 10.9. The van der Waals surface area contributed by atoms with Gasteiger partial charge in [-0.25, -0.2) is 14.2 Å². The van der Waals surface area contributed by atoms with E-state index in [4.69, 9.17) is 11.6 Å². The number of anilines is 1. The lowest BCUT2D eigenvalue weighted by Crippen LogP contribution is -2.42. The molecule has 0 aromatic heterocycles. The number of aliphatic imine (C=N–C) groups is 1. The minimum absolute atomic E-state index is 0.0373. The van der Waals surface area contributed by atoms with Crippen LogP contribution in [0, 0.1) is 5.82 Å². The Morgan fingerprint density at radius 2 is 2.00 bits per heavy atom. The molecule has 0 amide bonds. The largest absolute Gasteiger partial charge is 0.478 e. The maximum absolute atomic E-state index is 14.1. The summed E-state index contributed by atoms with van der Waals surface area (Å²) in [5, 5.41) is 19.9. The van der Waals surface area contributed by atoms with Gasteiger partial charge in [0, 0.05) is 10.7 Å². The van der Waals surface area contributed by atoms with Crippen molar-refractivity contribution in [3.8, 4) is 0 Å². The molecule has 1 unspecified atom stereocenters. The minimum Gasteiger partial charge on any atom is -0.478 e.